The lowest BCUT2D eigenvalue weighted by molar-refractivity contribution is 0.0499. The molecular formula is C14H22N2O2. The largest absolute Gasteiger partial charge is 0.462 e. The summed E-state index contributed by atoms with van der Waals surface area (Å²) in [6.45, 7) is 2.62. The Kier molecular flexibility index (Phi) is 6.05. The van der Waals surface area contributed by atoms with Crippen molar-refractivity contribution >= 4 is 17.3 Å². The van der Waals surface area contributed by atoms with Crippen LogP contribution in [0.2, 0.25) is 0 Å². The molecule has 0 saturated carbocycles. The van der Waals surface area contributed by atoms with E-state index in [2.05, 4.69) is 6.92 Å². The van der Waals surface area contributed by atoms with Gasteiger partial charge in [-0.25, -0.2) is 4.79 Å². The average Bonchev–Trinajstić information content (AvgIpc) is 2.33. The van der Waals surface area contributed by atoms with Gasteiger partial charge in [0.05, 0.1) is 12.2 Å². The van der Waals surface area contributed by atoms with Crippen LogP contribution in [0.1, 0.15) is 49.4 Å². The van der Waals surface area contributed by atoms with Crippen molar-refractivity contribution in [2.75, 3.05) is 18.1 Å². The number of anilines is 2. The number of nitrogens with two attached hydrogens (primary N) is 2. The Morgan fingerprint density at radius 1 is 1.17 bits per heavy atom. The first kappa shape index (κ1) is 14.4. The van der Waals surface area contributed by atoms with E-state index in [1.807, 2.05) is 0 Å². The lowest BCUT2D eigenvalue weighted by Crippen LogP contribution is -2.09. The fourth-order valence-corrected chi connectivity index (χ4v) is 1.72. The number of benzene rings is 1. The predicted octanol–water partition coefficient (Wildman–Crippen LogP) is 2.98. The number of carbonyl (C=O) groups is 1. The van der Waals surface area contributed by atoms with Crippen molar-refractivity contribution in [3.63, 3.8) is 0 Å². The van der Waals surface area contributed by atoms with E-state index < -0.39 is 0 Å². The van der Waals surface area contributed by atoms with E-state index in [1.165, 1.54) is 19.3 Å². The normalized spacial score (nSPS) is 10.3. The van der Waals surface area contributed by atoms with Crippen LogP contribution in [0.15, 0.2) is 18.2 Å². The molecule has 0 aliphatic carbocycles. The van der Waals surface area contributed by atoms with Gasteiger partial charge in [0.2, 0.25) is 0 Å². The number of ether oxygens (including phenoxy) is 1. The summed E-state index contributed by atoms with van der Waals surface area (Å²) < 4.78 is 5.17. The first-order valence-corrected chi connectivity index (χ1v) is 6.47. The molecule has 0 radical (unpaired) electrons. The Balaban J connectivity index is 2.32. The molecule has 100 valence electrons. The van der Waals surface area contributed by atoms with Crippen molar-refractivity contribution in [2.24, 2.45) is 0 Å². The van der Waals surface area contributed by atoms with E-state index in [1.54, 1.807) is 18.2 Å². The first-order chi connectivity index (χ1) is 8.65. The van der Waals surface area contributed by atoms with Crippen molar-refractivity contribution in [2.45, 2.75) is 39.0 Å². The highest BCUT2D eigenvalue weighted by molar-refractivity contribution is 5.95. The number of unbranched alkanes of at least 4 members (excludes halogenated alkanes) is 4. The third-order valence-corrected chi connectivity index (χ3v) is 2.78. The van der Waals surface area contributed by atoms with E-state index in [9.17, 15) is 4.79 Å². The van der Waals surface area contributed by atoms with E-state index >= 15 is 0 Å². The number of nitrogen functional groups attached to an aromatic ring is 2. The van der Waals surface area contributed by atoms with E-state index in [-0.39, 0.29) is 5.97 Å². The minimum absolute atomic E-state index is 0.367. The maximum absolute atomic E-state index is 11.7. The zero-order valence-electron chi connectivity index (χ0n) is 10.9. The van der Waals surface area contributed by atoms with E-state index in [0.29, 0.717) is 23.5 Å². The summed E-state index contributed by atoms with van der Waals surface area (Å²) in [5.41, 5.74) is 12.6. The minimum Gasteiger partial charge on any atom is -0.462 e. The predicted molar refractivity (Wildman–Crippen MR) is 74.3 cm³/mol. The molecule has 0 aliphatic heterocycles. The van der Waals surface area contributed by atoms with Gasteiger partial charge in [-0.3, -0.25) is 0 Å². The van der Waals surface area contributed by atoms with E-state index in [4.69, 9.17) is 16.2 Å². The van der Waals surface area contributed by atoms with Crippen LogP contribution in [-0.4, -0.2) is 12.6 Å². The minimum atomic E-state index is -0.372. The molecule has 1 aromatic carbocycles. The SMILES string of the molecule is CCCCCCCOC(=O)c1ccc(N)cc1N. The highest BCUT2D eigenvalue weighted by atomic mass is 16.5. The molecule has 0 spiro atoms. The molecule has 0 saturated heterocycles. The quantitative estimate of drug-likeness (QED) is 0.443. The molecule has 4 nitrogen and oxygen atoms in total. The summed E-state index contributed by atoms with van der Waals surface area (Å²) in [4.78, 5) is 11.7. The van der Waals surface area contributed by atoms with Crippen LogP contribution >= 0.6 is 0 Å². The molecule has 18 heavy (non-hydrogen) atoms. The third-order valence-electron chi connectivity index (χ3n) is 2.78. The molecule has 0 amide bonds. The van der Waals surface area contributed by atoms with Crippen LogP contribution in [0.4, 0.5) is 11.4 Å². The molecule has 1 rings (SSSR count). The monoisotopic (exact) mass is 250 g/mol. The van der Waals surface area contributed by atoms with Crippen LogP contribution in [0.5, 0.6) is 0 Å². The van der Waals surface area contributed by atoms with Gasteiger partial charge in [-0.2, -0.15) is 0 Å². The summed E-state index contributed by atoms with van der Waals surface area (Å²) >= 11 is 0. The van der Waals surface area contributed by atoms with Gasteiger partial charge in [-0.15, -0.1) is 0 Å². The van der Waals surface area contributed by atoms with Crippen LogP contribution in [0, 0.1) is 0 Å². The molecule has 0 aromatic heterocycles. The second-order valence-electron chi connectivity index (χ2n) is 4.40. The van der Waals surface area contributed by atoms with Crippen molar-refractivity contribution in [3.05, 3.63) is 23.8 Å². The van der Waals surface area contributed by atoms with Gasteiger partial charge in [0.15, 0.2) is 0 Å². The number of esters is 1. The maximum Gasteiger partial charge on any atom is 0.340 e. The molecule has 0 fully saturated rings. The van der Waals surface area contributed by atoms with Gasteiger partial charge < -0.3 is 16.2 Å². The van der Waals surface area contributed by atoms with Crippen LogP contribution < -0.4 is 11.5 Å². The average molecular weight is 250 g/mol. The van der Waals surface area contributed by atoms with Gasteiger partial charge in [0, 0.05) is 11.4 Å². The van der Waals surface area contributed by atoms with Gasteiger partial charge in [-0.05, 0) is 24.6 Å². The molecule has 0 heterocycles. The summed E-state index contributed by atoms with van der Waals surface area (Å²) in [5, 5.41) is 0. The number of hydrogen-bond acceptors (Lipinski definition) is 4. The summed E-state index contributed by atoms with van der Waals surface area (Å²) in [6.07, 6.45) is 5.64. The zero-order chi connectivity index (χ0) is 13.4. The first-order valence-electron chi connectivity index (χ1n) is 6.47. The Labute approximate surface area is 108 Å². The molecule has 0 bridgehead atoms. The number of carbonyl (C=O) groups excluding carboxylic acids is 1. The fourth-order valence-electron chi connectivity index (χ4n) is 1.72. The van der Waals surface area contributed by atoms with Gasteiger partial charge in [0.25, 0.3) is 0 Å². The van der Waals surface area contributed by atoms with Crippen molar-refractivity contribution in [3.8, 4) is 0 Å². The third kappa shape index (κ3) is 4.65. The Hall–Kier alpha value is -1.71. The molecule has 4 N–H and O–H groups in total. The highest BCUT2D eigenvalue weighted by Gasteiger charge is 2.10. The van der Waals surface area contributed by atoms with Crippen LogP contribution in [-0.2, 0) is 4.74 Å². The standard InChI is InChI=1S/C14H22N2O2/c1-2-3-4-5-6-9-18-14(17)12-8-7-11(15)10-13(12)16/h7-8,10H,2-6,9,15-16H2,1H3. The van der Waals surface area contributed by atoms with Crippen LogP contribution in [0.25, 0.3) is 0 Å². The summed E-state index contributed by atoms with van der Waals surface area (Å²) in [6, 6.07) is 4.82. The second kappa shape index (κ2) is 7.58. The molecule has 0 aliphatic rings. The summed E-state index contributed by atoms with van der Waals surface area (Å²) in [7, 11) is 0. The zero-order valence-corrected chi connectivity index (χ0v) is 10.9. The molecular weight excluding hydrogens is 228 g/mol. The van der Waals surface area contributed by atoms with Crippen molar-refractivity contribution in [1.29, 1.82) is 0 Å². The Morgan fingerprint density at radius 2 is 1.89 bits per heavy atom. The molecule has 0 atom stereocenters. The lowest BCUT2D eigenvalue weighted by Gasteiger charge is -2.07. The number of rotatable bonds is 7. The molecule has 1 aromatic rings. The smallest absolute Gasteiger partial charge is 0.340 e. The fraction of sp³-hybridized carbons (Fsp3) is 0.500. The Morgan fingerprint density at radius 3 is 2.56 bits per heavy atom. The lowest BCUT2D eigenvalue weighted by atomic mass is 10.1. The Bertz CT molecular complexity index is 391. The van der Waals surface area contributed by atoms with Crippen molar-refractivity contribution < 1.29 is 9.53 Å². The van der Waals surface area contributed by atoms with Gasteiger partial charge in [-0.1, -0.05) is 32.6 Å². The molecule has 4 heteroatoms. The summed E-state index contributed by atoms with van der Waals surface area (Å²) in [5.74, 6) is -0.372. The molecule has 0 unspecified atom stereocenters. The second-order valence-corrected chi connectivity index (χ2v) is 4.40. The van der Waals surface area contributed by atoms with Gasteiger partial charge in [0.1, 0.15) is 0 Å². The van der Waals surface area contributed by atoms with E-state index in [0.717, 1.165) is 12.8 Å². The van der Waals surface area contributed by atoms with Crippen molar-refractivity contribution in [1.82, 2.24) is 0 Å². The maximum atomic E-state index is 11.7. The topological polar surface area (TPSA) is 78.3 Å². The van der Waals surface area contributed by atoms with Crippen LogP contribution in [0.3, 0.4) is 0 Å². The highest BCUT2D eigenvalue weighted by Crippen LogP contribution is 2.16. The van der Waals surface area contributed by atoms with Gasteiger partial charge >= 0.3 is 5.97 Å². The number of hydrogen-bond donors (Lipinski definition) is 2.